The van der Waals surface area contributed by atoms with Gasteiger partial charge in [0.25, 0.3) is 5.56 Å². The van der Waals surface area contributed by atoms with Crippen LogP contribution in [-0.4, -0.2) is 31.4 Å². The first kappa shape index (κ1) is 14.2. The van der Waals surface area contributed by atoms with Gasteiger partial charge in [0.1, 0.15) is 5.82 Å². The van der Waals surface area contributed by atoms with Crippen molar-refractivity contribution in [2.45, 2.75) is 19.5 Å². The molecule has 0 aromatic carbocycles. The summed E-state index contributed by atoms with van der Waals surface area (Å²) in [6.07, 6.45) is 6.08. The molecule has 0 spiro atoms. The summed E-state index contributed by atoms with van der Waals surface area (Å²) >= 11 is 1.64. The van der Waals surface area contributed by atoms with Crippen LogP contribution in [0.1, 0.15) is 16.1 Å². The van der Waals surface area contributed by atoms with E-state index in [1.165, 1.54) is 4.88 Å². The van der Waals surface area contributed by atoms with Crippen LogP contribution in [0.15, 0.2) is 41.0 Å². The number of hydrogen-bond acceptors (Lipinski definition) is 6. The van der Waals surface area contributed by atoms with Crippen molar-refractivity contribution in [1.82, 2.24) is 24.8 Å². The molecule has 0 bridgehead atoms. The molecule has 0 saturated heterocycles. The van der Waals surface area contributed by atoms with Crippen molar-refractivity contribution < 1.29 is 0 Å². The molecular formula is C16H15N5OS. The Morgan fingerprint density at radius 2 is 2.26 bits per heavy atom. The highest BCUT2D eigenvalue weighted by Crippen LogP contribution is 2.20. The molecule has 116 valence electrons. The zero-order valence-corrected chi connectivity index (χ0v) is 13.2. The Hall–Kier alpha value is -2.38. The molecule has 0 saturated carbocycles. The molecule has 0 radical (unpaired) electrons. The molecule has 6 nitrogen and oxygen atoms in total. The summed E-state index contributed by atoms with van der Waals surface area (Å²) in [4.78, 5) is 31.6. The van der Waals surface area contributed by atoms with E-state index in [0.29, 0.717) is 12.4 Å². The summed E-state index contributed by atoms with van der Waals surface area (Å²) in [5.74, 6) is 0.595. The third-order valence-electron chi connectivity index (χ3n) is 3.95. The van der Waals surface area contributed by atoms with Crippen LogP contribution in [0.25, 0.3) is 11.4 Å². The molecule has 1 aliphatic rings. The number of nitrogens with one attached hydrogen (secondary N) is 1. The first-order valence-corrected chi connectivity index (χ1v) is 8.30. The van der Waals surface area contributed by atoms with E-state index in [2.05, 4.69) is 24.8 Å². The minimum Gasteiger partial charge on any atom is -0.306 e. The molecule has 3 aromatic rings. The summed E-state index contributed by atoms with van der Waals surface area (Å²) in [6, 6.07) is 3.74. The molecule has 7 heteroatoms. The lowest BCUT2D eigenvalue weighted by atomic mass is 10.1. The number of H-pyrrole nitrogens is 1. The molecule has 0 atom stereocenters. The Morgan fingerprint density at radius 3 is 3.04 bits per heavy atom. The van der Waals surface area contributed by atoms with Gasteiger partial charge >= 0.3 is 0 Å². The average Bonchev–Trinajstić information content (AvgIpc) is 3.09. The number of fused-ring (bicyclic) bond motifs is 1. The molecule has 0 fully saturated rings. The van der Waals surface area contributed by atoms with Gasteiger partial charge in [0.15, 0.2) is 0 Å². The molecule has 0 amide bonds. The largest absolute Gasteiger partial charge is 0.306 e. The third-order valence-corrected chi connectivity index (χ3v) is 4.71. The molecular weight excluding hydrogens is 310 g/mol. The number of hydrogen-bond donors (Lipinski definition) is 1. The van der Waals surface area contributed by atoms with Crippen molar-refractivity contribution in [2.24, 2.45) is 0 Å². The Bertz CT molecular complexity index is 860. The number of aromatic nitrogens is 4. The Kier molecular flexibility index (Phi) is 3.72. The van der Waals surface area contributed by atoms with Gasteiger partial charge in [0.05, 0.1) is 16.8 Å². The van der Waals surface area contributed by atoms with Crippen LogP contribution >= 0.6 is 11.3 Å². The summed E-state index contributed by atoms with van der Waals surface area (Å²) in [5.41, 5.74) is 4.28. The van der Waals surface area contributed by atoms with E-state index in [0.717, 1.165) is 36.3 Å². The molecule has 0 unspecified atom stereocenters. The third kappa shape index (κ3) is 2.93. The quantitative estimate of drug-likeness (QED) is 0.795. The van der Waals surface area contributed by atoms with Crippen LogP contribution in [0.4, 0.5) is 0 Å². The van der Waals surface area contributed by atoms with Gasteiger partial charge in [-0.25, -0.2) is 4.98 Å². The van der Waals surface area contributed by atoms with E-state index in [9.17, 15) is 4.79 Å². The van der Waals surface area contributed by atoms with E-state index in [1.54, 1.807) is 23.7 Å². The van der Waals surface area contributed by atoms with Crippen molar-refractivity contribution in [3.63, 3.8) is 0 Å². The summed E-state index contributed by atoms with van der Waals surface area (Å²) in [5, 5.41) is 0. The van der Waals surface area contributed by atoms with E-state index in [1.807, 2.05) is 23.8 Å². The van der Waals surface area contributed by atoms with Crippen molar-refractivity contribution in [3.05, 3.63) is 62.7 Å². The van der Waals surface area contributed by atoms with Gasteiger partial charge in [-0.2, -0.15) is 0 Å². The lowest BCUT2D eigenvalue weighted by Crippen LogP contribution is -2.35. The highest BCUT2D eigenvalue weighted by molar-refractivity contribution is 7.09. The van der Waals surface area contributed by atoms with Crippen molar-refractivity contribution in [2.75, 3.05) is 6.54 Å². The number of aromatic amines is 1. The first-order chi connectivity index (χ1) is 11.3. The second kappa shape index (κ2) is 6.02. The molecule has 23 heavy (non-hydrogen) atoms. The average molecular weight is 325 g/mol. The maximum absolute atomic E-state index is 12.5. The molecule has 4 rings (SSSR count). The van der Waals surface area contributed by atoms with Crippen LogP contribution in [0, 0.1) is 0 Å². The normalized spacial score (nSPS) is 14.6. The number of rotatable bonds is 3. The molecule has 1 aliphatic heterocycles. The zero-order valence-electron chi connectivity index (χ0n) is 12.4. The van der Waals surface area contributed by atoms with Gasteiger partial charge < -0.3 is 4.98 Å². The maximum atomic E-state index is 12.5. The maximum Gasteiger partial charge on any atom is 0.255 e. The van der Waals surface area contributed by atoms with Crippen LogP contribution in [0.3, 0.4) is 0 Å². The van der Waals surface area contributed by atoms with E-state index >= 15 is 0 Å². The number of nitrogens with zero attached hydrogens (tertiary/aromatic N) is 4. The Labute approximate surface area is 136 Å². The smallest absolute Gasteiger partial charge is 0.255 e. The predicted molar refractivity (Wildman–Crippen MR) is 88.0 cm³/mol. The van der Waals surface area contributed by atoms with Crippen LogP contribution < -0.4 is 5.56 Å². The molecule has 4 heterocycles. The van der Waals surface area contributed by atoms with Crippen LogP contribution in [0.2, 0.25) is 0 Å². The molecule has 1 N–H and O–H groups in total. The van der Waals surface area contributed by atoms with Crippen LogP contribution in [0.5, 0.6) is 0 Å². The predicted octanol–water partition coefficient (Wildman–Crippen LogP) is 1.85. The van der Waals surface area contributed by atoms with Crippen molar-refractivity contribution in [1.29, 1.82) is 0 Å². The fourth-order valence-corrected chi connectivity index (χ4v) is 3.43. The van der Waals surface area contributed by atoms with E-state index in [-0.39, 0.29) is 5.56 Å². The summed E-state index contributed by atoms with van der Waals surface area (Å²) in [7, 11) is 0. The Balaban J connectivity index is 1.62. The summed E-state index contributed by atoms with van der Waals surface area (Å²) in [6.45, 7) is 2.35. The van der Waals surface area contributed by atoms with Crippen molar-refractivity contribution in [3.8, 4) is 11.4 Å². The van der Waals surface area contributed by atoms with E-state index < -0.39 is 0 Å². The van der Waals surface area contributed by atoms with Crippen LogP contribution in [-0.2, 0) is 19.5 Å². The lowest BCUT2D eigenvalue weighted by molar-refractivity contribution is 0.244. The number of pyridine rings is 1. The first-order valence-electron chi connectivity index (χ1n) is 7.42. The highest BCUT2D eigenvalue weighted by Gasteiger charge is 2.21. The second-order valence-corrected chi connectivity index (χ2v) is 6.48. The molecule has 3 aromatic heterocycles. The van der Waals surface area contributed by atoms with Gasteiger partial charge in [0, 0.05) is 55.1 Å². The fourth-order valence-electron chi connectivity index (χ4n) is 2.80. The summed E-state index contributed by atoms with van der Waals surface area (Å²) < 4.78 is 0. The van der Waals surface area contributed by atoms with E-state index in [4.69, 9.17) is 0 Å². The second-order valence-electron chi connectivity index (χ2n) is 5.51. The standard InChI is InChI=1S/C16H15N5OS/c22-16-13-9-21(8-12-7-18-10-23-12)5-3-14(13)19-15(20-16)11-2-1-4-17-6-11/h1-2,4,6-7,10H,3,5,8-9H2,(H,19,20,22). The zero-order chi connectivity index (χ0) is 15.6. The monoisotopic (exact) mass is 325 g/mol. The van der Waals surface area contributed by atoms with Gasteiger partial charge in [0.2, 0.25) is 0 Å². The minimum absolute atomic E-state index is 0.0529. The van der Waals surface area contributed by atoms with Crippen molar-refractivity contribution >= 4 is 11.3 Å². The Morgan fingerprint density at radius 1 is 1.30 bits per heavy atom. The van der Waals surface area contributed by atoms with Gasteiger partial charge in [-0.3, -0.25) is 19.7 Å². The minimum atomic E-state index is -0.0529. The SMILES string of the molecule is O=c1[nH]c(-c2cccnc2)nc2c1CN(Cc1cncs1)CC2. The molecule has 0 aliphatic carbocycles. The van der Waals surface area contributed by atoms with Gasteiger partial charge in [-0.05, 0) is 12.1 Å². The fraction of sp³-hybridized carbons (Fsp3) is 0.250. The topological polar surface area (TPSA) is 74.8 Å². The van der Waals surface area contributed by atoms with Gasteiger partial charge in [-0.1, -0.05) is 0 Å². The number of thiazole rings is 1. The van der Waals surface area contributed by atoms with Gasteiger partial charge in [-0.15, -0.1) is 11.3 Å². The lowest BCUT2D eigenvalue weighted by Gasteiger charge is -2.27. The highest BCUT2D eigenvalue weighted by atomic mass is 32.1.